The van der Waals surface area contributed by atoms with Crippen LogP contribution in [0.15, 0.2) is 0 Å². The number of rotatable bonds is 12. The SMILES string of the molecule is CCCCCCC[N]CCCCCCC. The van der Waals surface area contributed by atoms with Crippen molar-refractivity contribution in [3.05, 3.63) is 0 Å². The highest BCUT2D eigenvalue weighted by atomic mass is 14.8. The molecule has 0 amide bonds. The Morgan fingerprint density at radius 1 is 0.533 bits per heavy atom. The molecule has 0 aliphatic rings. The molecular weight excluding hydrogens is 182 g/mol. The van der Waals surface area contributed by atoms with Crippen molar-refractivity contribution in [2.24, 2.45) is 0 Å². The highest BCUT2D eigenvalue weighted by Crippen LogP contribution is 2.03. The maximum absolute atomic E-state index is 4.57. The summed E-state index contributed by atoms with van der Waals surface area (Å²) in [6.07, 6.45) is 13.7. The van der Waals surface area contributed by atoms with Crippen LogP contribution >= 0.6 is 0 Å². The van der Waals surface area contributed by atoms with E-state index in [1.54, 1.807) is 0 Å². The molecule has 1 nitrogen and oxygen atoms in total. The first-order chi connectivity index (χ1) is 7.41. The molecule has 0 aromatic rings. The predicted octanol–water partition coefficient (Wildman–Crippen LogP) is 4.53. The highest BCUT2D eigenvalue weighted by Gasteiger charge is 1.92. The van der Waals surface area contributed by atoms with Crippen molar-refractivity contribution in [2.45, 2.75) is 78.1 Å². The van der Waals surface area contributed by atoms with E-state index in [9.17, 15) is 0 Å². The fraction of sp³-hybridized carbons (Fsp3) is 1.00. The molecule has 0 aliphatic heterocycles. The summed E-state index contributed by atoms with van der Waals surface area (Å²) in [4.78, 5) is 0. The molecule has 0 bridgehead atoms. The van der Waals surface area contributed by atoms with Crippen LogP contribution in [-0.2, 0) is 0 Å². The van der Waals surface area contributed by atoms with E-state index in [0.717, 1.165) is 13.1 Å². The molecule has 0 atom stereocenters. The van der Waals surface area contributed by atoms with Crippen LogP contribution < -0.4 is 5.32 Å². The van der Waals surface area contributed by atoms with Gasteiger partial charge in [0.2, 0.25) is 0 Å². The van der Waals surface area contributed by atoms with Crippen LogP contribution in [0.4, 0.5) is 0 Å². The lowest BCUT2D eigenvalue weighted by molar-refractivity contribution is 0.545. The zero-order chi connectivity index (χ0) is 11.2. The van der Waals surface area contributed by atoms with Gasteiger partial charge in [-0.25, -0.2) is 5.32 Å². The lowest BCUT2D eigenvalue weighted by Gasteiger charge is -2.02. The van der Waals surface area contributed by atoms with E-state index in [2.05, 4.69) is 19.2 Å². The second-order valence-corrected chi connectivity index (χ2v) is 4.50. The van der Waals surface area contributed by atoms with Crippen LogP contribution in [0, 0.1) is 0 Å². The molecule has 0 rings (SSSR count). The number of unbranched alkanes of at least 4 members (excludes halogenated alkanes) is 8. The van der Waals surface area contributed by atoms with Gasteiger partial charge in [0.25, 0.3) is 0 Å². The van der Waals surface area contributed by atoms with Gasteiger partial charge in [0.15, 0.2) is 0 Å². The average Bonchev–Trinajstić information content (AvgIpc) is 2.26. The summed E-state index contributed by atoms with van der Waals surface area (Å²) in [6.45, 7) is 6.75. The summed E-state index contributed by atoms with van der Waals surface area (Å²) in [5.74, 6) is 0. The Labute approximate surface area is 97.0 Å². The number of nitrogens with zero attached hydrogens (tertiary/aromatic N) is 1. The summed E-state index contributed by atoms with van der Waals surface area (Å²) >= 11 is 0. The molecule has 0 fully saturated rings. The zero-order valence-corrected chi connectivity index (χ0v) is 10.9. The second-order valence-electron chi connectivity index (χ2n) is 4.50. The molecule has 0 heterocycles. The summed E-state index contributed by atoms with van der Waals surface area (Å²) in [6, 6.07) is 0. The lowest BCUT2D eigenvalue weighted by Crippen LogP contribution is -2.08. The summed E-state index contributed by atoms with van der Waals surface area (Å²) in [5, 5.41) is 4.57. The third-order valence-electron chi connectivity index (χ3n) is 2.84. The average molecular weight is 212 g/mol. The fourth-order valence-electron chi connectivity index (χ4n) is 1.77. The third-order valence-corrected chi connectivity index (χ3v) is 2.84. The van der Waals surface area contributed by atoms with E-state index >= 15 is 0 Å². The molecule has 0 aromatic carbocycles. The molecule has 1 radical (unpaired) electrons. The molecule has 0 N–H and O–H groups in total. The van der Waals surface area contributed by atoms with E-state index in [4.69, 9.17) is 0 Å². The monoisotopic (exact) mass is 212 g/mol. The molecule has 15 heavy (non-hydrogen) atoms. The predicted molar refractivity (Wildman–Crippen MR) is 69.4 cm³/mol. The van der Waals surface area contributed by atoms with Crippen molar-refractivity contribution in [1.29, 1.82) is 0 Å². The van der Waals surface area contributed by atoms with Gasteiger partial charge in [0.1, 0.15) is 0 Å². The van der Waals surface area contributed by atoms with Crippen molar-refractivity contribution in [3.8, 4) is 0 Å². The van der Waals surface area contributed by atoms with Crippen molar-refractivity contribution >= 4 is 0 Å². The fourth-order valence-corrected chi connectivity index (χ4v) is 1.77. The van der Waals surface area contributed by atoms with Gasteiger partial charge in [-0.15, -0.1) is 0 Å². The Kier molecular flexibility index (Phi) is 13.9. The molecule has 0 aromatic heterocycles. The molecule has 1 heteroatoms. The largest absolute Gasteiger partial charge is 0.242 e. The lowest BCUT2D eigenvalue weighted by atomic mass is 10.1. The van der Waals surface area contributed by atoms with Crippen molar-refractivity contribution < 1.29 is 0 Å². The Morgan fingerprint density at radius 2 is 0.933 bits per heavy atom. The maximum Gasteiger partial charge on any atom is 0.0133 e. The van der Waals surface area contributed by atoms with Gasteiger partial charge in [-0.1, -0.05) is 65.2 Å². The smallest absolute Gasteiger partial charge is 0.0133 e. The Morgan fingerprint density at radius 3 is 1.33 bits per heavy atom. The van der Waals surface area contributed by atoms with Crippen LogP contribution in [0.5, 0.6) is 0 Å². The van der Waals surface area contributed by atoms with Gasteiger partial charge in [-0.2, -0.15) is 0 Å². The van der Waals surface area contributed by atoms with Gasteiger partial charge >= 0.3 is 0 Å². The first-order valence-electron chi connectivity index (χ1n) is 7.05. The maximum atomic E-state index is 4.57. The molecule has 0 unspecified atom stereocenters. The highest BCUT2D eigenvalue weighted by molar-refractivity contribution is 4.50. The zero-order valence-electron chi connectivity index (χ0n) is 10.9. The number of hydrogen-bond donors (Lipinski definition) is 0. The Bertz CT molecular complexity index is 89.5. The van der Waals surface area contributed by atoms with E-state index in [0.29, 0.717) is 0 Å². The standard InChI is InChI=1S/C14H30N/c1-3-5-7-9-11-13-15-14-12-10-8-6-4-2/h3-14H2,1-2H3. The minimum atomic E-state index is 1.11. The van der Waals surface area contributed by atoms with E-state index in [1.165, 1.54) is 64.2 Å². The first kappa shape index (κ1) is 15.0. The van der Waals surface area contributed by atoms with Crippen LogP contribution in [0.25, 0.3) is 0 Å². The molecule has 0 spiro atoms. The van der Waals surface area contributed by atoms with Gasteiger partial charge in [-0.3, -0.25) is 0 Å². The van der Waals surface area contributed by atoms with Crippen molar-refractivity contribution in [1.82, 2.24) is 5.32 Å². The van der Waals surface area contributed by atoms with E-state index in [1.807, 2.05) is 0 Å². The molecule has 0 saturated carbocycles. The minimum absolute atomic E-state index is 1.11. The first-order valence-corrected chi connectivity index (χ1v) is 7.05. The van der Waals surface area contributed by atoms with Crippen LogP contribution in [-0.4, -0.2) is 13.1 Å². The van der Waals surface area contributed by atoms with Crippen molar-refractivity contribution in [2.75, 3.05) is 13.1 Å². The minimum Gasteiger partial charge on any atom is -0.242 e. The third kappa shape index (κ3) is 14.0. The topological polar surface area (TPSA) is 14.1 Å². The Balaban J connectivity index is 2.81. The van der Waals surface area contributed by atoms with Crippen LogP contribution in [0.2, 0.25) is 0 Å². The summed E-state index contributed by atoms with van der Waals surface area (Å²) in [5.41, 5.74) is 0. The van der Waals surface area contributed by atoms with Crippen molar-refractivity contribution in [3.63, 3.8) is 0 Å². The normalized spacial score (nSPS) is 10.8. The molecule has 0 saturated heterocycles. The summed E-state index contributed by atoms with van der Waals surface area (Å²) in [7, 11) is 0. The van der Waals surface area contributed by atoms with Gasteiger partial charge in [0, 0.05) is 13.1 Å². The Hall–Kier alpha value is -0.0400. The number of hydrogen-bond acceptors (Lipinski definition) is 0. The van der Waals surface area contributed by atoms with E-state index < -0.39 is 0 Å². The summed E-state index contributed by atoms with van der Waals surface area (Å²) < 4.78 is 0. The van der Waals surface area contributed by atoms with Crippen LogP contribution in [0.1, 0.15) is 78.1 Å². The molecule has 0 aliphatic carbocycles. The molecule has 91 valence electrons. The van der Waals surface area contributed by atoms with Gasteiger partial charge in [0.05, 0.1) is 0 Å². The quantitative estimate of drug-likeness (QED) is 0.422. The second kappa shape index (κ2) is 14.0. The van der Waals surface area contributed by atoms with Crippen LogP contribution in [0.3, 0.4) is 0 Å². The van der Waals surface area contributed by atoms with Gasteiger partial charge in [-0.05, 0) is 12.8 Å². The van der Waals surface area contributed by atoms with E-state index in [-0.39, 0.29) is 0 Å². The van der Waals surface area contributed by atoms with Gasteiger partial charge < -0.3 is 0 Å². The molecular formula is C14H30N.